The van der Waals surface area contributed by atoms with E-state index in [0.29, 0.717) is 17.2 Å². The van der Waals surface area contributed by atoms with Gasteiger partial charge in [-0.2, -0.15) is 4.98 Å². The minimum atomic E-state index is -2.48. The van der Waals surface area contributed by atoms with Crippen molar-refractivity contribution in [3.63, 3.8) is 0 Å². The molecule has 0 aliphatic carbocycles. The third kappa shape index (κ3) is 5.15. The van der Waals surface area contributed by atoms with E-state index >= 15 is 0 Å². The summed E-state index contributed by atoms with van der Waals surface area (Å²) >= 11 is 0. The van der Waals surface area contributed by atoms with Gasteiger partial charge < -0.3 is 19.5 Å². The van der Waals surface area contributed by atoms with Crippen LogP contribution < -0.4 is 15.5 Å². The first kappa shape index (κ1) is 24.5. The number of aromatic nitrogens is 4. The topological polar surface area (TPSA) is 85.2 Å². The smallest absolute Gasteiger partial charge is 0.229 e. The molecule has 0 saturated carbocycles. The molecule has 0 radical (unpaired) electrons. The van der Waals surface area contributed by atoms with E-state index in [4.69, 9.17) is 9.72 Å². The standard InChI is InChI=1S/C27H33N6O2P/c1-18-15-21(9-10-23(18)35-22-11-13-32(3)14-12-22)29-27-28-17-20-16-19(2)33(26(20)31-27)24-7-6-8-25(30-24)36(4,5)34/h6-10,15-17,22H,11-14H2,1-5H3,(H,28,29,31). The van der Waals surface area contributed by atoms with Crippen molar-refractivity contribution in [2.75, 3.05) is 38.8 Å². The number of ether oxygens (including phenoxy) is 1. The zero-order valence-corrected chi connectivity index (χ0v) is 22.4. The van der Waals surface area contributed by atoms with Crippen LogP contribution in [0.25, 0.3) is 16.9 Å². The normalized spacial score (nSPS) is 15.4. The van der Waals surface area contributed by atoms with Crippen LogP contribution in [0.15, 0.2) is 48.7 Å². The first-order valence-electron chi connectivity index (χ1n) is 12.3. The van der Waals surface area contributed by atoms with Crippen LogP contribution in [0, 0.1) is 13.8 Å². The van der Waals surface area contributed by atoms with Gasteiger partial charge in [-0.1, -0.05) is 6.07 Å². The summed E-state index contributed by atoms with van der Waals surface area (Å²) < 4.78 is 20.9. The highest BCUT2D eigenvalue weighted by Gasteiger charge is 2.19. The molecule has 1 aromatic carbocycles. The Balaban J connectivity index is 1.40. The van der Waals surface area contributed by atoms with E-state index in [9.17, 15) is 4.57 Å². The molecular formula is C27H33N6O2P. The van der Waals surface area contributed by atoms with Gasteiger partial charge in [0, 0.05) is 36.1 Å². The van der Waals surface area contributed by atoms with Crippen molar-refractivity contribution in [3.8, 4) is 11.6 Å². The van der Waals surface area contributed by atoms with Gasteiger partial charge in [-0.15, -0.1) is 0 Å². The van der Waals surface area contributed by atoms with E-state index in [1.807, 2.05) is 54.1 Å². The van der Waals surface area contributed by atoms with Gasteiger partial charge >= 0.3 is 0 Å². The summed E-state index contributed by atoms with van der Waals surface area (Å²) in [5, 5.41) is 4.25. The Bertz CT molecular complexity index is 1450. The minimum Gasteiger partial charge on any atom is -0.490 e. The molecule has 1 N–H and O–H groups in total. The van der Waals surface area contributed by atoms with E-state index in [-0.39, 0.29) is 6.10 Å². The third-order valence-corrected chi connectivity index (χ3v) is 7.97. The number of benzene rings is 1. The van der Waals surface area contributed by atoms with Gasteiger partial charge in [-0.25, -0.2) is 9.97 Å². The number of hydrogen-bond acceptors (Lipinski definition) is 7. The average molecular weight is 505 g/mol. The van der Waals surface area contributed by atoms with Crippen molar-refractivity contribution in [1.29, 1.82) is 0 Å². The zero-order valence-electron chi connectivity index (χ0n) is 21.5. The lowest BCUT2D eigenvalue weighted by Gasteiger charge is -2.29. The second-order valence-electron chi connectivity index (χ2n) is 10.0. The Labute approximate surface area is 212 Å². The van der Waals surface area contributed by atoms with E-state index in [2.05, 4.69) is 40.2 Å². The molecule has 4 heterocycles. The second kappa shape index (κ2) is 9.68. The number of piperidine rings is 1. The molecule has 8 nitrogen and oxygen atoms in total. The Morgan fingerprint density at radius 2 is 1.83 bits per heavy atom. The van der Waals surface area contributed by atoms with Gasteiger partial charge in [0.2, 0.25) is 5.95 Å². The number of rotatable bonds is 6. The molecule has 3 aromatic heterocycles. The number of hydrogen-bond donors (Lipinski definition) is 1. The number of aryl methyl sites for hydroxylation is 2. The number of fused-ring (bicyclic) bond motifs is 1. The predicted octanol–water partition coefficient (Wildman–Crippen LogP) is 4.90. The van der Waals surface area contributed by atoms with E-state index in [0.717, 1.165) is 59.7 Å². The van der Waals surface area contributed by atoms with Gasteiger partial charge in [-0.05, 0) is 89.0 Å². The van der Waals surface area contributed by atoms with E-state index < -0.39 is 7.14 Å². The minimum absolute atomic E-state index is 0.266. The maximum absolute atomic E-state index is 12.6. The van der Waals surface area contributed by atoms with Crippen LogP contribution in [0.4, 0.5) is 11.6 Å². The molecule has 0 spiro atoms. The summed E-state index contributed by atoms with van der Waals surface area (Å²) in [6.45, 7) is 9.67. The lowest BCUT2D eigenvalue weighted by molar-refractivity contribution is 0.113. The monoisotopic (exact) mass is 504 g/mol. The highest BCUT2D eigenvalue weighted by molar-refractivity contribution is 7.69. The fraction of sp³-hybridized carbons (Fsp3) is 0.370. The van der Waals surface area contributed by atoms with E-state index in [1.165, 1.54) is 0 Å². The van der Waals surface area contributed by atoms with Gasteiger partial charge in [-0.3, -0.25) is 4.57 Å². The van der Waals surface area contributed by atoms with Crippen LogP contribution in [-0.2, 0) is 4.57 Å². The Kier molecular flexibility index (Phi) is 6.58. The quantitative estimate of drug-likeness (QED) is 0.374. The summed E-state index contributed by atoms with van der Waals surface area (Å²) in [4.78, 5) is 16.4. The number of nitrogens with zero attached hydrogens (tertiary/aromatic N) is 5. The summed E-state index contributed by atoms with van der Waals surface area (Å²) in [6.07, 6.45) is 4.18. The zero-order chi connectivity index (χ0) is 25.4. The van der Waals surface area contributed by atoms with E-state index in [1.54, 1.807) is 13.3 Å². The number of pyridine rings is 1. The molecule has 188 valence electrons. The van der Waals surface area contributed by atoms with Crippen LogP contribution in [0.3, 0.4) is 0 Å². The van der Waals surface area contributed by atoms with Crippen LogP contribution in [-0.4, -0.2) is 64.0 Å². The fourth-order valence-electron chi connectivity index (χ4n) is 4.58. The van der Waals surface area contributed by atoms with Crippen molar-refractivity contribution in [2.24, 2.45) is 0 Å². The molecular weight excluding hydrogens is 471 g/mol. The van der Waals surface area contributed by atoms with Gasteiger partial charge in [0.15, 0.2) is 5.65 Å². The molecule has 1 aliphatic heterocycles. The molecule has 0 atom stereocenters. The molecule has 5 rings (SSSR count). The average Bonchev–Trinajstić information content (AvgIpc) is 3.16. The number of nitrogens with one attached hydrogen (secondary N) is 1. The molecule has 36 heavy (non-hydrogen) atoms. The number of anilines is 2. The Hall–Kier alpha value is -3.22. The molecule has 4 aromatic rings. The fourth-order valence-corrected chi connectivity index (χ4v) is 5.36. The predicted molar refractivity (Wildman–Crippen MR) is 146 cm³/mol. The first-order valence-corrected chi connectivity index (χ1v) is 14.9. The first-order chi connectivity index (χ1) is 17.2. The lowest BCUT2D eigenvalue weighted by Crippen LogP contribution is -2.35. The van der Waals surface area contributed by atoms with Crippen molar-refractivity contribution in [3.05, 3.63) is 59.9 Å². The molecule has 0 unspecified atom stereocenters. The van der Waals surface area contributed by atoms with Crippen molar-refractivity contribution < 1.29 is 9.30 Å². The van der Waals surface area contributed by atoms with Crippen LogP contribution in [0.2, 0.25) is 0 Å². The third-order valence-electron chi connectivity index (χ3n) is 6.62. The summed E-state index contributed by atoms with van der Waals surface area (Å²) in [7, 11) is -0.329. The van der Waals surface area contributed by atoms with Gasteiger partial charge in [0.25, 0.3) is 0 Å². The van der Waals surface area contributed by atoms with Gasteiger partial charge in [0.1, 0.15) is 30.2 Å². The van der Waals surface area contributed by atoms with Crippen LogP contribution in [0.5, 0.6) is 5.75 Å². The van der Waals surface area contributed by atoms with Crippen molar-refractivity contribution >= 4 is 35.2 Å². The lowest BCUT2D eigenvalue weighted by atomic mass is 10.1. The largest absolute Gasteiger partial charge is 0.490 e. The Morgan fingerprint density at radius 3 is 2.56 bits per heavy atom. The van der Waals surface area contributed by atoms with Crippen molar-refractivity contribution in [2.45, 2.75) is 32.8 Å². The molecule has 1 fully saturated rings. The second-order valence-corrected chi connectivity index (χ2v) is 13.2. The summed E-state index contributed by atoms with van der Waals surface area (Å²) in [5.74, 6) is 2.11. The molecule has 0 amide bonds. The molecule has 0 bridgehead atoms. The highest BCUT2D eigenvalue weighted by atomic mass is 31.2. The van der Waals surface area contributed by atoms with Crippen LogP contribution in [0.1, 0.15) is 24.1 Å². The highest BCUT2D eigenvalue weighted by Crippen LogP contribution is 2.34. The Morgan fingerprint density at radius 1 is 1.06 bits per heavy atom. The maximum atomic E-state index is 12.6. The van der Waals surface area contributed by atoms with Gasteiger partial charge in [0.05, 0.1) is 0 Å². The maximum Gasteiger partial charge on any atom is 0.229 e. The van der Waals surface area contributed by atoms with Crippen molar-refractivity contribution in [1.82, 2.24) is 24.4 Å². The summed E-state index contributed by atoms with van der Waals surface area (Å²) in [5.41, 5.74) is 4.30. The summed E-state index contributed by atoms with van der Waals surface area (Å²) in [6, 6.07) is 13.7. The molecule has 1 saturated heterocycles. The SMILES string of the molecule is Cc1cc(Nc2ncc3cc(C)n(-c4cccc(P(C)(C)=O)n4)c3n2)ccc1OC1CCN(C)CC1. The molecule has 1 aliphatic rings. The number of likely N-dealkylation sites (tertiary alicyclic amines) is 1. The van der Waals surface area contributed by atoms with Crippen LogP contribution >= 0.6 is 7.14 Å². The molecule has 9 heteroatoms.